The number of aromatic nitrogens is 1. The first-order chi connectivity index (χ1) is 9.35. The second-order valence-corrected chi connectivity index (χ2v) is 9.16. The third kappa shape index (κ3) is 5.41. The Kier molecular flexibility index (Phi) is 5.23. The minimum Gasteiger partial charge on any atom is -0.395 e. The number of nitrogens with one attached hydrogen (secondary N) is 1. The smallest absolute Gasteiger partial charge is 0.217 e. The fourth-order valence-electron chi connectivity index (χ4n) is 1.67. The second-order valence-electron chi connectivity index (χ2n) is 7.41. The monoisotopic (exact) mass is 318 g/mol. The van der Waals surface area contributed by atoms with E-state index in [1.165, 1.54) is 0 Å². The van der Waals surface area contributed by atoms with Crippen molar-refractivity contribution in [2.24, 2.45) is 5.41 Å². The molecule has 1 aromatic rings. The van der Waals surface area contributed by atoms with Crippen molar-refractivity contribution in [3.8, 4) is 0 Å². The molecule has 0 saturated heterocycles. The fraction of sp³-hybridized carbons (Fsp3) is 0.786. The Labute approximate surface area is 127 Å². The van der Waals surface area contributed by atoms with E-state index in [0.717, 1.165) is 0 Å². The second kappa shape index (κ2) is 6.06. The van der Waals surface area contributed by atoms with Crippen molar-refractivity contribution in [2.45, 2.75) is 58.8 Å². The van der Waals surface area contributed by atoms with Crippen LogP contribution in [0.25, 0.3) is 0 Å². The molecule has 1 atom stereocenters. The zero-order valence-electron chi connectivity index (χ0n) is 13.6. The molecule has 0 bridgehead atoms. The third-order valence-electron chi connectivity index (χ3n) is 3.19. The van der Waals surface area contributed by atoms with E-state index in [1.54, 1.807) is 6.07 Å². The zero-order valence-corrected chi connectivity index (χ0v) is 14.4. The molecule has 0 aromatic carbocycles. The molecule has 0 spiro atoms. The lowest BCUT2D eigenvalue weighted by Crippen LogP contribution is -2.46. The molecule has 2 N–H and O–H groups in total. The highest BCUT2D eigenvalue weighted by atomic mass is 32.2. The molecule has 1 aromatic heterocycles. The molecular formula is C14H26N2O4S. The van der Waals surface area contributed by atoms with Gasteiger partial charge in [0, 0.05) is 17.5 Å². The first-order valence-electron chi connectivity index (χ1n) is 6.92. The van der Waals surface area contributed by atoms with Crippen molar-refractivity contribution in [1.82, 2.24) is 9.88 Å². The molecule has 0 unspecified atom stereocenters. The Hall–Kier alpha value is -0.920. The van der Waals surface area contributed by atoms with Gasteiger partial charge in [-0.1, -0.05) is 46.7 Å². The van der Waals surface area contributed by atoms with Crippen LogP contribution in [-0.4, -0.2) is 31.3 Å². The highest BCUT2D eigenvalue weighted by molar-refractivity contribution is 7.88. The van der Waals surface area contributed by atoms with E-state index in [4.69, 9.17) is 4.52 Å². The molecule has 0 aliphatic carbocycles. The van der Waals surface area contributed by atoms with Crippen LogP contribution in [0.4, 0.5) is 0 Å². The average Bonchev–Trinajstić information content (AvgIpc) is 2.71. The van der Waals surface area contributed by atoms with Crippen molar-refractivity contribution in [2.75, 3.05) is 6.61 Å². The van der Waals surface area contributed by atoms with Gasteiger partial charge in [0.1, 0.15) is 17.2 Å². The summed E-state index contributed by atoms with van der Waals surface area (Å²) in [6.07, 6.45) is 0. The SMILES string of the molecule is CC(C)(C)c1cc(CS(=O)(=O)N[C@@H](CO)C(C)(C)C)no1. The van der Waals surface area contributed by atoms with E-state index in [2.05, 4.69) is 9.88 Å². The lowest BCUT2D eigenvalue weighted by molar-refractivity contribution is 0.177. The third-order valence-corrected chi connectivity index (χ3v) is 4.51. The highest BCUT2D eigenvalue weighted by Gasteiger charge is 2.29. The molecule has 0 fully saturated rings. The summed E-state index contributed by atoms with van der Waals surface area (Å²) in [5.74, 6) is 0.376. The topological polar surface area (TPSA) is 92.4 Å². The van der Waals surface area contributed by atoms with Crippen molar-refractivity contribution >= 4 is 10.0 Å². The van der Waals surface area contributed by atoms with Crippen LogP contribution in [0.3, 0.4) is 0 Å². The van der Waals surface area contributed by atoms with E-state index >= 15 is 0 Å². The molecule has 0 radical (unpaired) electrons. The minimum absolute atomic E-state index is 0.221. The largest absolute Gasteiger partial charge is 0.395 e. The summed E-state index contributed by atoms with van der Waals surface area (Å²) >= 11 is 0. The van der Waals surface area contributed by atoms with Gasteiger partial charge in [-0.25, -0.2) is 13.1 Å². The van der Waals surface area contributed by atoms with Crippen LogP contribution in [0.2, 0.25) is 0 Å². The van der Waals surface area contributed by atoms with Crippen LogP contribution in [0.1, 0.15) is 53.0 Å². The van der Waals surface area contributed by atoms with Crippen molar-refractivity contribution in [1.29, 1.82) is 0 Å². The van der Waals surface area contributed by atoms with Crippen LogP contribution < -0.4 is 4.72 Å². The molecule has 0 saturated carbocycles. The number of nitrogens with zero attached hydrogens (tertiary/aromatic N) is 1. The number of hydrogen-bond donors (Lipinski definition) is 2. The van der Waals surface area contributed by atoms with E-state index in [-0.39, 0.29) is 23.2 Å². The highest BCUT2D eigenvalue weighted by Crippen LogP contribution is 2.24. The summed E-state index contributed by atoms with van der Waals surface area (Å²) < 4.78 is 32.0. The van der Waals surface area contributed by atoms with Crippen LogP contribution >= 0.6 is 0 Å². The van der Waals surface area contributed by atoms with E-state index in [9.17, 15) is 13.5 Å². The Balaban J connectivity index is 2.84. The summed E-state index contributed by atoms with van der Waals surface area (Å²) in [6.45, 7) is 11.2. The van der Waals surface area contributed by atoms with Crippen LogP contribution in [-0.2, 0) is 21.2 Å². The standard InChI is InChI=1S/C14H26N2O4S/c1-13(2,3)11(8-17)16-21(18,19)9-10-7-12(20-15-10)14(4,5)6/h7,11,16-17H,8-9H2,1-6H3/t11-/m0/s1. The van der Waals surface area contributed by atoms with Crippen molar-refractivity contribution in [3.05, 3.63) is 17.5 Å². The van der Waals surface area contributed by atoms with E-state index < -0.39 is 16.1 Å². The Bertz CT molecular complexity index is 565. The van der Waals surface area contributed by atoms with Crippen LogP contribution in [0.15, 0.2) is 10.6 Å². The summed E-state index contributed by atoms with van der Waals surface area (Å²) in [6, 6.07) is 1.11. The van der Waals surface area contributed by atoms with Gasteiger partial charge in [0.25, 0.3) is 0 Å². The van der Waals surface area contributed by atoms with E-state index in [1.807, 2.05) is 41.5 Å². The first kappa shape index (κ1) is 18.1. The Morgan fingerprint density at radius 3 is 2.24 bits per heavy atom. The lowest BCUT2D eigenvalue weighted by atomic mass is 9.88. The summed E-state index contributed by atoms with van der Waals surface area (Å²) in [4.78, 5) is 0. The number of aliphatic hydroxyl groups is 1. The average molecular weight is 318 g/mol. The van der Waals surface area contributed by atoms with Gasteiger partial charge in [-0.2, -0.15) is 0 Å². The summed E-state index contributed by atoms with van der Waals surface area (Å²) in [7, 11) is -3.59. The lowest BCUT2D eigenvalue weighted by Gasteiger charge is -2.29. The molecule has 0 aliphatic rings. The van der Waals surface area contributed by atoms with Gasteiger partial charge >= 0.3 is 0 Å². The Morgan fingerprint density at radius 2 is 1.86 bits per heavy atom. The van der Waals surface area contributed by atoms with Gasteiger partial charge in [0.15, 0.2) is 0 Å². The minimum atomic E-state index is -3.59. The predicted molar refractivity (Wildman–Crippen MR) is 81.3 cm³/mol. The quantitative estimate of drug-likeness (QED) is 0.863. The summed E-state index contributed by atoms with van der Waals surface area (Å²) in [5.41, 5.74) is -0.234. The maximum absolute atomic E-state index is 12.2. The van der Waals surface area contributed by atoms with Gasteiger partial charge in [-0.15, -0.1) is 0 Å². The first-order valence-corrected chi connectivity index (χ1v) is 8.57. The molecule has 0 aliphatic heterocycles. The molecule has 1 rings (SSSR count). The van der Waals surface area contributed by atoms with Crippen LogP contribution in [0.5, 0.6) is 0 Å². The molecule has 6 nitrogen and oxygen atoms in total. The zero-order chi connectivity index (χ0) is 16.5. The van der Waals surface area contributed by atoms with Crippen molar-refractivity contribution in [3.63, 3.8) is 0 Å². The fourth-order valence-corrected chi connectivity index (χ4v) is 3.14. The van der Waals surface area contributed by atoms with Crippen molar-refractivity contribution < 1.29 is 18.0 Å². The molecule has 1 heterocycles. The van der Waals surface area contributed by atoms with Gasteiger partial charge < -0.3 is 9.63 Å². The molecular weight excluding hydrogens is 292 g/mol. The van der Waals surface area contributed by atoms with Gasteiger partial charge in [0.2, 0.25) is 10.0 Å². The predicted octanol–water partition coefficient (Wildman–Crippen LogP) is 1.80. The number of sulfonamides is 1. The maximum atomic E-state index is 12.2. The van der Waals surface area contributed by atoms with Gasteiger partial charge in [-0.05, 0) is 5.41 Å². The van der Waals surface area contributed by atoms with E-state index in [0.29, 0.717) is 11.5 Å². The number of aliphatic hydroxyl groups excluding tert-OH is 1. The summed E-state index contributed by atoms with van der Waals surface area (Å²) in [5, 5.41) is 13.1. The number of rotatable bonds is 5. The molecule has 21 heavy (non-hydrogen) atoms. The number of hydrogen-bond acceptors (Lipinski definition) is 5. The Morgan fingerprint density at radius 1 is 1.29 bits per heavy atom. The molecule has 7 heteroatoms. The molecule has 122 valence electrons. The van der Waals surface area contributed by atoms with Gasteiger partial charge in [-0.3, -0.25) is 0 Å². The normalized spacial score (nSPS) is 15.2. The van der Waals surface area contributed by atoms with Gasteiger partial charge in [0.05, 0.1) is 6.61 Å². The van der Waals surface area contributed by atoms with Crippen LogP contribution in [0, 0.1) is 5.41 Å². The molecule has 0 amide bonds. The maximum Gasteiger partial charge on any atom is 0.217 e.